The molecule has 1 amide bonds. The van der Waals surface area contributed by atoms with Gasteiger partial charge in [0.2, 0.25) is 0 Å². The van der Waals surface area contributed by atoms with Crippen LogP contribution in [0.5, 0.6) is 0 Å². The number of ether oxygens (including phenoxy) is 1. The molecule has 1 aromatic rings. The SMILES string of the molecule is CC(=O)c1ccc(NC(=O)O[C@@H]2C[C@H](C)CC[C@H]2C(C)C)cc1. The standard InChI is InChI=1S/C19H27NO3/c1-12(2)17-10-5-13(3)11-18(17)23-19(22)20-16-8-6-15(7-9-16)14(4)21/h6-9,12-13,17-18H,5,10-11H2,1-4H3,(H,20,22)/t13-,17+,18-/m1/s1. The monoisotopic (exact) mass is 317 g/mol. The van der Waals surface area contributed by atoms with Crippen LogP contribution in [0.15, 0.2) is 24.3 Å². The van der Waals surface area contributed by atoms with Crippen LogP contribution in [0.4, 0.5) is 10.5 Å². The van der Waals surface area contributed by atoms with E-state index in [4.69, 9.17) is 4.74 Å². The van der Waals surface area contributed by atoms with Crippen LogP contribution in [-0.4, -0.2) is 18.0 Å². The second-order valence-corrected chi connectivity index (χ2v) is 7.03. The Morgan fingerprint density at radius 3 is 2.39 bits per heavy atom. The summed E-state index contributed by atoms with van der Waals surface area (Å²) >= 11 is 0. The number of carbonyl (C=O) groups is 2. The van der Waals surface area contributed by atoms with Crippen LogP contribution in [0, 0.1) is 17.8 Å². The molecule has 1 saturated carbocycles. The van der Waals surface area contributed by atoms with Crippen molar-refractivity contribution in [2.45, 2.75) is 53.1 Å². The Morgan fingerprint density at radius 1 is 1.17 bits per heavy atom. The molecule has 0 spiro atoms. The molecule has 0 unspecified atom stereocenters. The molecule has 1 fully saturated rings. The second kappa shape index (κ2) is 7.62. The van der Waals surface area contributed by atoms with Crippen molar-refractivity contribution in [2.24, 2.45) is 17.8 Å². The first-order chi connectivity index (χ1) is 10.9. The number of anilines is 1. The second-order valence-electron chi connectivity index (χ2n) is 7.03. The number of rotatable bonds is 4. The first-order valence-electron chi connectivity index (χ1n) is 8.45. The molecule has 0 heterocycles. The van der Waals surface area contributed by atoms with Crippen LogP contribution in [-0.2, 0) is 4.74 Å². The van der Waals surface area contributed by atoms with Crippen LogP contribution in [0.2, 0.25) is 0 Å². The summed E-state index contributed by atoms with van der Waals surface area (Å²) in [5, 5.41) is 2.76. The first kappa shape index (κ1) is 17.5. The van der Waals surface area contributed by atoms with Gasteiger partial charge in [-0.2, -0.15) is 0 Å². The van der Waals surface area contributed by atoms with E-state index in [1.807, 2.05) is 0 Å². The zero-order valence-corrected chi connectivity index (χ0v) is 14.5. The van der Waals surface area contributed by atoms with Crippen LogP contribution >= 0.6 is 0 Å². The Hall–Kier alpha value is -1.84. The van der Waals surface area contributed by atoms with Crippen molar-refractivity contribution >= 4 is 17.6 Å². The van der Waals surface area contributed by atoms with Gasteiger partial charge in [0.05, 0.1) is 0 Å². The molecule has 4 nitrogen and oxygen atoms in total. The summed E-state index contributed by atoms with van der Waals surface area (Å²) in [5.41, 5.74) is 1.27. The van der Waals surface area contributed by atoms with Gasteiger partial charge in [-0.3, -0.25) is 10.1 Å². The van der Waals surface area contributed by atoms with Crippen molar-refractivity contribution < 1.29 is 14.3 Å². The smallest absolute Gasteiger partial charge is 0.411 e. The molecule has 0 saturated heterocycles. The number of ketones is 1. The van der Waals surface area contributed by atoms with Gasteiger partial charge in [0.1, 0.15) is 6.10 Å². The van der Waals surface area contributed by atoms with Gasteiger partial charge in [0, 0.05) is 11.3 Å². The van der Waals surface area contributed by atoms with E-state index < -0.39 is 6.09 Å². The number of nitrogens with one attached hydrogen (secondary N) is 1. The zero-order chi connectivity index (χ0) is 17.0. The number of carbonyl (C=O) groups excluding carboxylic acids is 2. The number of Topliss-reactive ketones (excluding diaryl/α,β-unsaturated/α-hetero) is 1. The van der Waals surface area contributed by atoms with E-state index in [2.05, 4.69) is 26.1 Å². The lowest BCUT2D eigenvalue weighted by Gasteiger charge is -2.36. The summed E-state index contributed by atoms with van der Waals surface area (Å²) < 4.78 is 5.70. The molecule has 4 heteroatoms. The Balaban J connectivity index is 1.95. The van der Waals surface area contributed by atoms with E-state index in [-0.39, 0.29) is 11.9 Å². The van der Waals surface area contributed by atoms with Crippen molar-refractivity contribution in [3.05, 3.63) is 29.8 Å². The summed E-state index contributed by atoms with van der Waals surface area (Å²) in [7, 11) is 0. The van der Waals surface area contributed by atoms with Crippen molar-refractivity contribution in [2.75, 3.05) is 5.32 Å². The van der Waals surface area contributed by atoms with Crippen LogP contribution < -0.4 is 5.32 Å². The highest BCUT2D eigenvalue weighted by Gasteiger charge is 2.33. The maximum Gasteiger partial charge on any atom is 0.411 e. The van der Waals surface area contributed by atoms with E-state index >= 15 is 0 Å². The van der Waals surface area contributed by atoms with Crippen molar-refractivity contribution in [1.82, 2.24) is 0 Å². The third-order valence-corrected chi connectivity index (χ3v) is 4.76. The number of hydrogen-bond donors (Lipinski definition) is 1. The van der Waals surface area contributed by atoms with Crippen LogP contribution in [0.3, 0.4) is 0 Å². The summed E-state index contributed by atoms with van der Waals surface area (Å²) in [6.07, 6.45) is 2.82. The minimum atomic E-state index is -0.412. The summed E-state index contributed by atoms with van der Waals surface area (Å²) in [4.78, 5) is 23.4. The zero-order valence-electron chi connectivity index (χ0n) is 14.5. The fourth-order valence-electron chi connectivity index (χ4n) is 3.32. The molecule has 0 radical (unpaired) electrons. The molecule has 1 aromatic carbocycles. The highest BCUT2D eigenvalue weighted by atomic mass is 16.6. The third kappa shape index (κ3) is 4.81. The number of amides is 1. The summed E-state index contributed by atoms with van der Waals surface area (Å²) in [6.45, 7) is 8.11. The average molecular weight is 317 g/mol. The Morgan fingerprint density at radius 2 is 1.83 bits per heavy atom. The molecule has 1 aliphatic rings. The molecule has 2 rings (SSSR count). The highest BCUT2D eigenvalue weighted by molar-refractivity contribution is 5.94. The summed E-state index contributed by atoms with van der Waals surface area (Å²) in [5.74, 6) is 1.54. The molecule has 0 bridgehead atoms. The fourth-order valence-corrected chi connectivity index (χ4v) is 3.32. The van der Waals surface area contributed by atoms with E-state index in [1.54, 1.807) is 24.3 Å². The normalized spacial score (nSPS) is 24.3. The Labute approximate surface area is 138 Å². The Bertz CT molecular complexity index is 550. The number of benzene rings is 1. The van der Waals surface area contributed by atoms with E-state index in [0.717, 1.165) is 12.8 Å². The lowest BCUT2D eigenvalue weighted by molar-refractivity contribution is 0.0126. The average Bonchev–Trinajstić information content (AvgIpc) is 2.47. The lowest BCUT2D eigenvalue weighted by Crippen LogP contribution is -2.36. The van der Waals surface area contributed by atoms with Gasteiger partial charge >= 0.3 is 6.09 Å². The molecule has 0 aromatic heterocycles. The van der Waals surface area contributed by atoms with Gasteiger partial charge in [-0.1, -0.05) is 27.2 Å². The summed E-state index contributed by atoms with van der Waals surface area (Å²) in [6, 6.07) is 6.86. The van der Waals surface area contributed by atoms with Crippen molar-refractivity contribution in [1.29, 1.82) is 0 Å². The molecule has 1 aliphatic carbocycles. The minimum Gasteiger partial charge on any atom is -0.446 e. The van der Waals surface area contributed by atoms with Gasteiger partial charge in [-0.25, -0.2) is 4.79 Å². The first-order valence-corrected chi connectivity index (χ1v) is 8.45. The number of hydrogen-bond acceptors (Lipinski definition) is 3. The fraction of sp³-hybridized carbons (Fsp3) is 0.579. The quantitative estimate of drug-likeness (QED) is 0.804. The Kier molecular flexibility index (Phi) is 5.80. The van der Waals surface area contributed by atoms with Crippen molar-refractivity contribution in [3.8, 4) is 0 Å². The van der Waals surface area contributed by atoms with Gasteiger partial charge < -0.3 is 4.74 Å². The van der Waals surface area contributed by atoms with E-state index in [9.17, 15) is 9.59 Å². The maximum absolute atomic E-state index is 12.2. The van der Waals surface area contributed by atoms with Crippen LogP contribution in [0.25, 0.3) is 0 Å². The van der Waals surface area contributed by atoms with Crippen molar-refractivity contribution in [3.63, 3.8) is 0 Å². The third-order valence-electron chi connectivity index (χ3n) is 4.76. The topological polar surface area (TPSA) is 55.4 Å². The van der Waals surface area contributed by atoms with Gasteiger partial charge in [-0.15, -0.1) is 0 Å². The molecular weight excluding hydrogens is 290 g/mol. The molecule has 0 aliphatic heterocycles. The molecule has 23 heavy (non-hydrogen) atoms. The lowest BCUT2D eigenvalue weighted by atomic mass is 9.75. The predicted octanol–water partition coefficient (Wildman–Crippen LogP) is 4.90. The van der Waals surface area contributed by atoms with Gasteiger partial charge in [-0.05, 0) is 61.8 Å². The molecular formula is C19H27NO3. The largest absolute Gasteiger partial charge is 0.446 e. The van der Waals surface area contributed by atoms with E-state index in [1.165, 1.54) is 13.3 Å². The molecule has 1 N–H and O–H groups in total. The minimum absolute atomic E-state index is 0.00935. The van der Waals surface area contributed by atoms with Crippen LogP contribution in [0.1, 0.15) is 57.3 Å². The van der Waals surface area contributed by atoms with Gasteiger partial charge in [0.25, 0.3) is 0 Å². The maximum atomic E-state index is 12.2. The predicted molar refractivity (Wildman–Crippen MR) is 91.7 cm³/mol. The van der Waals surface area contributed by atoms with E-state index in [0.29, 0.717) is 29.0 Å². The molecule has 3 atom stereocenters. The highest BCUT2D eigenvalue weighted by Crippen LogP contribution is 2.35. The molecule has 126 valence electrons. The van der Waals surface area contributed by atoms with Gasteiger partial charge in [0.15, 0.2) is 5.78 Å².